The van der Waals surface area contributed by atoms with Gasteiger partial charge in [0.1, 0.15) is 0 Å². The van der Waals surface area contributed by atoms with Crippen molar-refractivity contribution in [1.82, 2.24) is 5.32 Å². The first-order valence-electron chi connectivity index (χ1n) is 7.24. The molecule has 0 fully saturated rings. The fourth-order valence-corrected chi connectivity index (χ4v) is 4.26. The maximum absolute atomic E-state index is 12.0. The predicted molar refractivity (Wildman–Crippen MR) is 84.4 cm³/mol. The van der Waals surface area contributed by atoms with E-state index in [4.69, 9.17) is 0 Å². The van der Waals surface area contributed by atoms with Crippen molar-refractivity contribution in [2.45, 2.75) is 24.3 Å². The highest BCUT2D eigenvalue weighted by molar-refractivity contribution is 7.91. The van der Waals surface area contributed by atoms with Gasteiger partial charge in [-0.15, -0.1) is 0 Å². The molecular weight excluding hydrogens is 298 g/mol. The van der Waals surface area contributed by atoms with Gasteiger partial charge >= 0.3 is 0 Å². The van der Waals surface area contributed by atoms with E-state index >= 15 is 0 Å². The van der Waals surface area contributed by atoms with Gasteiger partial charge in [-0.25, -0.2) is 8.42 Å². The highest BCUT2D eigenvalue weighted by Gasteiger charge is 2.23. The summed E-state index contributed by atoms with van der Waals surface area (Å²) in [5, 5.41) is 2.85. The third-order valence-electron chi connectivity index (χ3n) is 3.81. The monoisotopic (exact) mass is 315 g/mol. The summed E-state index contributed by atoms with van der Waals surface area (Å²) in [5.74, 6) is 0.0929. The van der Waals surface area contributed by atoms with Crippen LogP contribution in [0.1, 0.15) is 27.9 Å². The Morgan fingerprint density at radius 2 is 1.86 bits per heavy atom. The van der Waals surface area contributed by atoms with Crippen molar-refractivity contribution in [1.29, 1.82) is 0 Å². The van der Waals surface area contributed by atoms with E-state index in [1.165, 1.54) is 0 Å². The topological polar surface area (TPSA) is 63.2 Å². The van der Waals surface area contributed by atoms with Gasteiger partial charge in [0.15, 0.2) is 9.84 Å². The maximum Gasteiger partial charge on any atom is 0.251 e. The number of carbonyl (C=O) groups is 1. The van der Waals surface area contributed by atoms with Crippen LogP contribution in [0, 0.1) is 0 Å². The first kappa shape index (κ1) is 14.8. The van der Waals surface area contributed by atoms with Gasteiger partial charge in [-0.05, 0) is 42.2 Å². The molecule has 0 bridgehead atoms. The number of fused-ring (bicyclic) bond motifs is 1. The molecule has 1 heterocycles. The molecule has 2 aromatic carbocycles. The quantitative estimate of drug-likeness (QED) is 0.945. The summed E-state index contributed by atoms with van der Waals surface area (Å²) >= 11 is 0. The summed E-state index contributed by atoms with van der Waals surface area (Å²) in [6.07, 6.45) is 1.43. The number of rotatable bonds is 3. The number of amides is 1. The van der Waals surface area contributed by atoms with E-state index in [0.717, 1.165) is 17.5 Å². The van der Waals surface area contributed by atoms with E-state index in [-0.39, 0.29) is 11.7 Å². The predicted octanol–water partition coefficient (Wildman–Crippen LogP) is 2.34. The highest BCUT2D eigenvalue weighted by Crippen LogP contribution is 2.25. The van der Waals surface area contributed by atoms with E-state index in [2.05, 4.69) is 5.32 Å². The molecule has 5 heteroatoms. The lowest BCUT2D eigenvalue weighted by Crippen LogP contribution is -2.23. The lowest BCUT2D eigenvalue weighted by molar-refractivity contribution is 0.0951. The maximum atomic E-state index is 12.0. The number of aryl methyl sites for hydroxylation is 1. The summed E-state index contributed by atoms with van der Waals surface area (Å²) in [6.45, 7) is 0.390. The second-order valence-corrected chi connectivity index (χ2v) is 7.49. The standard InChI is InChI=1S/C17H17NO3S/c19-17(14-5-2-1-3-6-14)18-12-13-8-9-16-15(11-13)7-4-10-22(16,20)21/h1-3,5-6,8-9,11H,4,7,10,12H2,(H,18,19). The Kier molecular flexibility index (Phi) is 3.98. The largest absolute Gasteiger partial charge is 0.348 e. The first-order valence-corrected chi connectivity index (χ1v) is 8.89. The molecule has 0 spiro atoms. The Bertz CT molecular complexity index is 798. The minimum atomic E-state index is -3.12. The van der Waals surface area contributed by atoms with Crippen LogP contribution in [0.4, 0.5) is 0 Å². The molecule has 1 aliphatic heterocycles. The van der Waals surface area contributed by atoms with Gasteiger partial charge in [-0.3, -0.25) is 4.79 Å². The van der Waals surface area contributed by atoms with Gasteiger partial charge < -0.3 is 5.32 Å². The van der Waals surface area contributed by atoms with Crippen LogP contribution in [0.25, 0.3) is 0 Å². The Balaban J connectivity index is 1.73. The fourth-order valence-electron chi connectivity index (χ4n) is 2.68. The summed E-state index contributed by atoms with van der Waals surface area (Å²) < 4.78 is 23.9. The molecule has 0 atom stereocenters. The molecule has 1 amide bonds. The summed E-state index contributed by atoms with van der Waals surface area (Å²) in [4.78, 5) is 12.4. The van der Waals surface area contributed by atoms with Crippen LogP contribution in [0.15, 0.2) is 53.4 Å². The van der Waals surface area contributed by atoms with Crippen molar-refractivity contribution < 1.29 is 13.2 Å². The van der Waals surface area contributed by atoms with Gasteiger partial charge in [-0.2, -0.15) is 0 Å². The van der Waals surface area contributed by atoms with Crippen LogP contribution in [0.5, 0.6) is 0 Å². The highest BCUT2D eigenvalue weighted by atomic mass is 32.2. The van der Waals surface area contributed by atoms with Crippen LogP contribution in [0.3, 0.4) is 0 Å². The molecule has 1 aliphatic rings. The minimum Gasteiger partial charge on any atom is -0.348 e. The van der Waals surface area contributed by atoms with Crippen molar-refractivity contribution in [3.05, 3.63) is 65.2 Å². The Morgan fingerprint density at radius 1 is 1.09 bits per heavy atom. The number of hydrogen-bond acceptors (Lipinski definition) is 3. The molecule has 2 aromatic rings. The lowest BCUT2D eigenvalue weighted by atomic mass is 10.1. The van der Waals surface area contributed by atoms with Crippen molar-refractivity contribution in [3.63, 3.8) is 0 Å². The Labute approximate surface area is 130 Å². The lowest BCUT2D eigenvalue weighted by Gasteiger charge is -2.17. The molecular formula is C17H17NO3S. The molecule has 0 aliphatic carbocycles. The molecule has 3 rings (SSSR count). The third-order valence-corrected chi connectivity index (χ3v) is 5.70. The zero-order valence-corrected chi connectivity index (χ0v) is 12.9. The van der Waals surface area contributed by atoms with Gasteiger partial charge in [0, 0.05) is 12.1 Å². The number of sulfone groups is 1. The third kappa shape index (κ3) is 3.04. The number of nitrogens with one attached hydrogen (secondary N) is 1. The van der Waals surface area contributed by atoms with Gasteiger partial charge in [-0.1, -0.05) is 30.3 Å². The summed E-state index contributed by atoms with van der Waals surface area (Å²) in [6, 6.07) is 14.3. The summed E-state index contributed by atoms with van der Waals surface area (Å²) in [7, 11) is -3.12. The SMILES string of the molecule is O=C(NCc1ccc2c(c1)CCCS2(=O)=O)c1ccccc1. The first-order chi connectivity index (χ1) is 10.6. The van der Waals surface area contributed by atoms with Crippen LogP contribution in [-0.2, 0) is 22.8 Å². The van der Waals surface area contributed by atoms with Crippen molar-refractivity contribution in [2.75, 3.05) is 5.75 Å². The van der Waals surface area contributed by atoms with Crippen LogP contribution < -0.4 is 5.32 Å². The van der Waals surface area contributed by atoms with E-state index in [9.17, 15) is 13.2 Å². The van der Waals surface area contributed by atoms with Crippen molar-refractivity contribution in [2.24, 2.45) is 0 Å². The average molecular weight is 315 g/mol. The van der Waals surface area contributed by atoms with Crippen molar-refractivity contribution >= 4 is 15.7 Å². The molecule has 4 nitrogen and oxygen atoms in total. The number of carbonyl (C=O) groups excluding carboxylic acids is 1. The second kappa shape index (κ2) is 5.93. The second-order valence-electron chi connectivity index (χ2n) is 5.41. The molecule has 0 saturated heterocycles. The molecule has 0 radical (unpaired) electrons. The molecule has 0 saturated carbocycles. The molecule has 1 N–H and O–H groups in total. The van der Waals surface area contributed by atoms with E-state index in [0.29, 0.717) is 23.4 Å². The smallest absolute Gasteiger partial charge is 0.251 e. The van der Waals surface area contributed by atoms with Gasteiger partial charge in [0.25, 0.3) is 5.91 Å². The molecule has 0 aromatic heterocycles. The van der Waals surface area contributed by atoms with Gasteiger partial charge in [0.05, 0.1) is 10.6 Å². The normalized spacial score (nSPS) is 15.8. The molecule has 0 unspecified atom stereocenters. The summed E-state index contributed by atoms with van der Waals surface area (Å²) in [5.41, 5.74) is 2.39. The zero-order valence-electron chi connectivity index (χ0n) is 12.1. The Morgan fingerprint density at radius 3 is 2.64 bits per heavy atom. The van der Waals surface area contributed by atoms with E-state index in [1.54, 1.807) is 24.3 Å². The van der Waals surface area contributed by atoms with Crippen LogP contribution in [0.2, 0.25) is 0 Å². The van der Waals surface area contributed by atoms with E-state index in [1.807, 2.05) is 24.3 Å². The van der Waals surface area contributed by atoms with E-state index < -0.39 is 9.84 Å². The van der Waals surface area contributed by atoms with Crippen molar-refractivity contribution in [3.8, 4) is 0 Å². The number of hydrogen-bond donors (Lipinski definition) is 1. The average Bonchev–Trinajstić information content (AvgIpc) is 2.53. The Hall–Kier alpha value is -2.14. The number of benzene rings is 2. The van der Waals surface area contributed by atoms with Gasteiger partial charge in [0.2, 0.25) is 0 Å². The molecule has 22 heavy (non-hydrogen) atoms. The fraction of sp³-hybridized carbons (Fsp3) is 0.235. The zero-order chi connectivity index (χ0) is 15.6. The van der Waals surface area contributed by atoms with Crippen LogP contribution >= 0.6 is 0 Å². The minimum absolute atomic E-state index is 0.133. The molecule has 114 valence electrons. The van der Waals surface area contributed by atoms with Crippen LogP contribution in [-0.4, -0.2) is 20.1 Å².